The third kappa shape index (κ3) is 6.27. The molecule has 0 aliphatic rings. The number of nitro benzene ring substituents is 1. The Balaban J connectivity index is 2.21. The Morgan fingerprint density at radius 2 is 1.81 bits per heavy atom. The molecular formula is C20H20ClF2N3O6. The van der Waals surface area contributed by atoms with Gasteiger partial charge in [-0.25, -0.2) is 0 Å². The molecule has 12 heteroatoms. The summed E-state index contributed by atoms with van der Waals surface area (Å²) in [5, 5.41) is 15.9. The standard InChI is InChI=1S/C20H20ClF2N3O6/c1-10(2)17(25-18(27)11-4-6-13(21)14(8-11)26(29)30)19(28)24-12-5-7-15(31-3)16(9-12)32-20(22)23/h4-10,17,20H,1-3H3,(H,24,28)(H,25,27). The number of amides is 2. The molecule has 2 rings (SSSR count). The molecule has 0 fully saturated rings. The maximum Gasteiger partial charge on any atom is 0.387 e. The molecule has 0 aliphatic heterocycles. The molecule has 172 valence electrons. The third-order valence-electron chi connectivity index (χ3n) is 4.29. The molecule has 9 nitrogen and oxygen atoms in total. The predicted molar refractivity (Wildman–Crippen MR) is 112 cm³/mol. The van der Waals surface area contributed by atoms with E-state index in [1.54, 1.807) is 13.8 Å². The summed E-state index contributed by atoms with van der Waals surface area (Å²) in [6, 6.07) is 6.37. The van der Waals surface area contributed by atoms with E-state index >= 15 is 0 Å². The Morgan fingerprint density at radius 3 is 2.38 bits per heavy atom. The number of ether oxygens (including phenoxy) is 2. The molecule has 0 saturated heterocycles. The third-order valence-corrected chi connectivity index (χ3v) is 4.61. The molecule has 0 spiro atoms. The smallest absolute Gasteiger partial charge is 0.387 e. The van der Waals surface area contributed by atoms with Crippen LogP contribution in [0.15, 0.2) is 36.4 Å². The normalized spacial score (nSPS) is 11.8. The van der Waals surface area contributed by atoms with E-state index in [-0.39, 0.29) is 33.7 Å². The minimum absolute atomic E-state index is 0.0429. The number of nitrogens with zero attached hydrogens (tertiary/aromatic N) is 1. The highest BCUT2D eigenvalue weighted by Crippen LogP contribution is 2.31. The lowest BCUT2D eigenvalue weighted by atomic mass is 10.0. The molecule has 1 unspecified atom stereocenters. The van der Waals surface area contributed by atoms with Gasteiger partial charge in [0.2, 0.25) is 5.91 Å². The summed E-state index contributed by atoms with van der Waals surface area (Å²) in [6.07, 6.45) is 0. The zero-order chi connectivity index (χ0) is 24.0. The van der Waals surface area contributed by atoms with Crippen molar-refractivity contribution < 1.29 is 32.8 Å². The monoisotopic (exact) mass is 471 g/mol. The first-order valence-electron chi connectivity index (χ1n) is 9.22. The number of benzene rings is 2. The largest absolute Gasteiger partial charge is 0.493 e. The van der Waals surface area contributed by atoms with Gasteiger partial charge in [-0.15, -0.1) is 0 Å². The van der Waals surface area contributed by atoms with Crippen molar-refractivity contribution in [3.63, 3.8) is 0 Å². The van der Waals surface area contributed by atoms with Crippen LogP contribution < -0.4 is 20.1 Å². The van der Waals surface area contributed by atoms with Gasteiger partial charge in [0.15, 0.2) is 11.5 Å². The molecule has 0 aliphatic carbocycles. The Hall–Kier alpha value is -3.47. The number of nitro groups is 1. The zero-order valence-electron chi connectivity index (χ0n) is 17.2. The summed E-state index contributed by atoms with van der Waals surface area (Å²) in [6.45, 7) is 0.253. The molecule has 2 aromatic carbocycles. The van der Waals surface area contributed by atoms with Crippen LogP contribution in [0.4, 0.5) is 20.2 Å². The highest BCUT2D eigenvalue weighted by molar-refractivity contribution is 6.32. The Bertz CT molecular complexity index is 1020. The summed E-state index contributed by atoms with van der Waals surface area (Å²) in [5.41, 5.74) is -0.375. The van der Waals surface area contributed by atoms with Crippen LogP contribution in [0.2, 0.25) is 5.02 Å². The predicted octanol–water partition coefficient (Wildman–Crippen LogP) is 4.25. The number of hydrogen-bond donors (Lipinski definition) is 2. The fourth-order valence-electron chi connectivity index (χ4n) is 2.72. The number of rotatable bonds is 9. The second-order valence-corrected chi connectivity index (χ2v) is 7.26. The van der Waals surface area contributed by atoms with Gasteiger partial charge < -0.3 is 20.1 Å². The zero-order valence-corrected chi connectivity index (χ0v) is 18.0. The summed E-state index contributed by atoms with van der Waals surface area (Å²) in [5.74, 6) is -1.98. The minimum Gasteiger partial charge on any atom is -0.493 e. The van der Waals surface area contributed by atoms with Crippen molar-refractivity contribution >= 4 is 34.8 Å². The van der Waals surface area contributed by atoms with Gasteiger partial charge in [0.05, 0.1) is 12.0 Å². The van der Waals surface area contributed by atoms with Crippen molar-refractivity contribution in [2.75, 3.05) is 12.4 Å². The second-order valence-electron chi connectivity index (χ2n) is 6.85. The van der Waals surface area contributed by atoms with Crippen molar-refractivity contribution in [2.24, 2.45) is 5.92 Å². The van der Waals surface area contributed by atoms with E-state index in [0.717, 1.165) is 12.1 Å². The van der Waals surface area contributed by atoms with Crippen LogP contribution in [0, 0.1) is 16.0 Å². The minimum atomic E-state index is -3.10. The van der Waals surface area contributed by atoms with Gasteiger partial charge in [-0.05, 0) is 30.2 Å². The molecule has 0 heterocycles. The fourth-order valence-corrected chi connectivity index (χ4v) is 2.90. The van der Waals surface area contributed by atoms with Crippen molar-refractivity contribution in [1.29, 1.82) is 0 Å². The first-order valence-corrected chi connectivity index (χ1v) is 9.59. The molecule has 0 bridgehead atoms. The van der Waals surface area contributed by atoms with Gasteiger partial charge in [0.25, 0.3) is 11.6 Å². The quantitative estimate of drug-likeness (QED) is 0.416. The Kier molecular flexibility index (Phi) is 8.30. The van der Waals surface area contributed by atoms with Crippen molar-refractivity contribution in [3.8, 4) is 11.5 Å². The van der Waals surface area contributed by atoms with Crippen LogP contribution in [-0.2, 0) is 4.79 Å². The number of halogens is 3. The topological polar surface area (TPSA) is 120 Å². The average Bonchev–Trinajstić information content (AvgIpc) is 2.71. The Labute approximate surface area is 186 Å². The highest BCUT2D eigenvalue weighted by Gasteiger charge is 2.26. The molecular weight excluding hydrogens is 452 g/mol. The molecule has 2 aromatic rings. The number of carbonyl (C=O) groups is 2. The number of hydrogen-bond acceptors (Lipinski definition) is 6. The van der Waals surface area contributed by atoms with Gasteiger partial charge in [0, 0.05) is 23.4 Å². The van der Waals surface area contributed by atoms with E-state index in [4.69, 9.17) is 16.3 Å². The molecule has 32 heavy (non-hydrogen) atoms. The van der Waals surface area contributed by atoms with Gasteiger partial charge in [0.1, 0.15) is 11.1 Å². The van der Waals surface area contributed by atoms with Crippen LogP contribution in [0.3, 0.4) is 0 Å². The number of alkyl halides is 2. The number of nitrogens with one attached hydrogen (secondary N) is 2. The second kappa shape index (κ2) is 10.7. The lowest BCUT2D eigenvalue weighted by Crippen LogP contribution is -2.47. The average molecular weight is 472 g/mol. The summed E-state index contributed by atoms with van der Waals surface area (Å²) >= 11 is 5.76. The van der Waals surface area contributed by atoms with Gasteiger partial charge in [-0.2, -0.15) is 8.78 Å². The van der Waals surface area contributed by atoms with E-state index in [0.29, 0.717) is 0 Å². The lowest BCUT2D eigenvalue weighted by Gasteiger charge is -2.22. The van der Waals surface area contributed by atoms with Crippen LogP contribution in [-0.4, -0.2) is 36.5 Å². The fraction of sp³-hybridized carbons (Fsp3) is 0.300. The van der Waals surface area contributed by atoms with E-state index in [1.165, 1.54) is 31.4 Å². The molecule has 0 saturated carbocycles. The van der Waals surface area contributed by atoms with Gasteiger partial charge >= 0.3 is 6.61 Å². The summed E-state index contributed by atoms with van der Waals surface area (Å²) in [4.78, 5) is 35.7. The maximum atomic E-state index is 12.8. The Morgan fingerprint density at radius 1 is 1.12 bits per heavy atom. The molecule has 1 atom stereocenters. The van der Waals surface area contributed by atoms with Crippen LogP contribution in [0.25, 0.3) is 0 Å². The first-order chi connectivity index (χ1) is 15.0. The van der Waals surface area contributed by atoms with E-state index in [2.05, 4.69) is 15.4 Å². The van der Waals surface area contributed by atoms with E-state index < -0.39 is 35.1 Å². The molecule has 2 amide bonds. The van der Waals surface area contributed by atoms with E-state index in [1.807, 2.05) is 0 Å². The van der Waals surface area contributed by atoms with Crippen molar-refractivity contribution in [2.45, 2.75) is 26.5 Å². The van der Waals surface area contributed by atoms with Crippen molar-refractivity contribution in [1.82, 2.24) is 5.32 Å². The van der Waals surface area contributed by atoms with Crippen LogP contribution >= 0.6 is 11.6 Å². The number of methoxy groups -OCH3 is 1. The highest BCUT2D eigenvalue weighted by atomic mass is 35.5. The van der Waals surface area contributed by atoms with Gasteiger partial charge in [-0.1, -0.05) is 25.4 Å². The van der Waals surface area contributed by atoms with E-state index in [9.17, 15) is 28.5 Å². The maximum absolute atomic E-state index is 12.8. The van der Waals surface area contributed by atoms with Crippen LogP contribution in [0.5, 0.6) is 11.5 Å². The number of anilines is 1. The lowest BCUT2D eigenvalue weighted by molar-refractivity contribution is -0.384. The summed E-state index contributed by atoms with van der Waals surface area (Å²) < 4.78 is 34.5. The number of carbonyl (C=O) groups excluding carboxylic acids is 2. The van der Waals surface area contributed by atoms with Crippen LogP contribution in [0.1, 0.15) is 24.2 Å². The molecule has 2 N–H and O–H groups in total. The SMILES string of the molecule is COc1ccc(NC(=O)C(NC(=O)c2ccc(Cl)c([N+](=O)[O-])c2)C(C)C)cc1OC(F)F. The molecule has 0 radical (unpaired) electrons. The first kappa shape index (κ1) is 24.8. The van der Waals surface area contributed by atoms with Crippen molar-refractivity contribution in [3.05, 3.63) is 57.1 Å². The molecule has 0 aromatic heterocycles. The summed E-state index contributed by atoms with van der Waals surface area (Å²) in [7, 11) is 1.28. The van der Waals surface area contributed by atoms with Gasteiger partial charge in [-0.3, -0.25) is 19.7 Å².